The summed E-state index contributed by atoms with van der Waals surface area (Å²) >= 11 is 0. The van der Waals surface area contributed by atoms with Crippen LogP contribution in [0.15, 0.2) is 66.7 Å². The van der Waals surface area contributed by atoms with Gasteiger partial charge in [0.25, 0.3) is 11.8 Å². The Morgan fingerprint density at radius 3 is 2.65 bits per heavy atom. The molecular formula is C26H28N2O3. The minimum absolute atomic E-state index is 0.0205. The van der Waals surface area contributed by atoms with Crippen LogP contribution in [0.5, 0.6) is 5.75 Å². The fraction of sp³-hybridized carbons (Fsp3) is 0.308. The van der Waals surface area contributed by atoms with Gasteiger partial charge in [-0.1, -0.05) is 48.5 Å². The Labute approximate surface area is 183 Å². The van der Waals surface area contributed by atoms with E-state index in [4.69, 9.17) is 4.74 Å². The number of carbonyl (C=O) groups is 2. The maximum Gasteiger partial charge on any atom is 0.259 e. The van der Waals surface area contributed by atoms with Crippen LogP contribution in [-0.2, 0) is 11.2 Å². The highest BCUT2D eigenvalue weighted by Gasteiger charge is 2.30. The molecule has 1 aliphatic heterocycles. The van der Waals surface area contributed by atoms with Crippen LogP contribution in [-0.4, -0.2) is 54.9 Å². The van der Waals surface area contributed by atoms with E-state index in [9.17, 15) is 9.59 Å². The van der Waals surface area contributed by atoms with E-state index in [-0.39, 0.29) is 24.5 Å². The van der Waals surface area contributed by atoms with Gasteiger partial charge in [-0.2, -0.15) is 0 Å². The van der Waals surface area contributed by atoms with Crippen molar-refractivity contribution < 1.29 is 14.3 Å². The van der Waals surface area contributed by atoms with E-state index in [1.807, 2.05) is 11.0 Å². The molecule has 2 amide bonds. The van der Waals surface area contributed by atoms with Crippen LogP contribution in [0.3, 0.4) is 0 Å². The molecule has 0 saturated carbocycles. The van der Waals surface area contributed by atoms with Crippen molar-refractivity contribution in [3.63, 3.8) is 0 Å². The molecule has 0 aromatic heterocycles. The van der Waals surface area contributed by atoms with Gasteiger partial charge in [0, 0.05) is 32.2 Å². The summed E-state index contributed by atoms with van der Waals surface area (Å²) in [5.74, 6) is 0.435. The van der Waals surface area contributed by atoms with Crippen molar-refractivity contribution in [2.75, 3.05) is 27.2 Å². The highest BCUT2D eigenvalue weighted by atomic mass is 16.5. The van der Waals surface area contributed by atoms with Gasteiger partial charge in [0.1, 0.15) is 5.75 Å². The zero-order valence-corrected chi connectivity index (χ0v) is 18.1. The second kappa shape index (κ2) is 9.21. The third-order valence-corrected chi connectivity index (χ3v) is 5.92. The van der Waals surface area contributed by atoms with Crippen molar-refractivity contribution in [1.29, 1.82) is 0 Å². The number of benzene rings is 3. The molecule has 0 N–H and O–H groups in total. The predicted octanol–water partition coefficient (Wildman–Crippen LogP) is 4.15. The van der Waals surface area contributed by atoms with Crippen molar-refractivity contribution in [3.8, 4) is 5.75 Å². The van der Waals surface area contributed by atoms with Crippen LogP contribution in [0.4, 0.5) is 0 Å². The van der Waals surface area contributed by atoms with Crippen molar-refractivity contribution in [1.82, 2.24) is 9.80 Å². The summed E-state index contributed by atoms with van der Waals surface area (Å²) in [4.78, 5) is 28.6. The lowest BCUT2D eigenvalue weighted by Crippen LogP contribution is -2.36. The van der Waals surface area contributed by atoms with Gasteiger partial charge in [-0.15, -0.1) is 0 Å². The summed E-state index contributed by atoms with van der Waals surface area (Å²) < 4.78 is 5.59. The number of hydrogen-bond acceptors (Lipinski definition) is 3. The van der Waals surface area contributed by atoms with Crippen molar-refractivity contribution in [3.05, 3.63) is 77.9 Å². The first-order chi connectivity index (χ1) is 15.0. The van der Waals surface area contributed by atoms with Crippen LogP contribution in [0.25, 0.3) is 10.8 Å². The van der Waals surface area contributed by atoms with Gasteiger partial charge in [0.2, 0.25) is 0 Å². The fourth-order valence-electron chi connectivity index (χ4n) is 4.20. The summed E-state index contributed by atoms with van der Waals surface area (Å²) in [6.07, 6.45) is 2.86. The van der Waals surface area contributed by atoms with E-state index >= 15 is 0 Å². The minimum atomic E-state index is -0.119. The van der Waals surface area contributed by atoms with E-state index in [0.29, 0.717) is 11.3 Å². The summed E-state index contributed by atoms with van der Waals surface area (Å²) in [6, 6.07) is 22.1. The monoisotopic (exact) mass is 416 g/mol. The first-order valence-corrected chi connectivity index (χ1v) is 10.7. The Morgan fingerprint density at radius 1 is 1.03 bits per heavy atom. The largest absolute Gasteiger partial charge is 0.484 e. The molecule has 1 heterocycles. The first kappa shape index (κ1) is 20.9. The molecule has 31 heavy (non-hydrogen) atoms. The quantitative estimate of drug-likeness (QED) is 0.606. The first-order valence-electron chi connectivity index (χ1n) is 10.7. The van der Waals surface area contributed by atoms with E-state index in [2.05, 4.69) is 42.5 Å². The van der Waals surface area contributed by atoms with Gasteiger partial charge >= 0.3 is 0 Å². The lowest BCUT2D eigenvalue weighted by molar-refractivity contribution is -0.130. The Balaban J connectivity index is 1.49. The summed E-state index contributed by atoms with van der Waals surface area (Å²) in [5.41, 5.74) is 1.88. The molecule has 3 aromatic carbocycles. The zero-order chi connectivity index (χ0) is 21.8. The van der Waals surface area contributed by atoms with E-state index in [0.717, 1.165) is 25.8 Å². The number of amides is 2. The van der Waals surface area contributed by atoms with Gasteiger partial charge in [-0.05, 0) is 53.8 Å². The molecule has 0 aliphatic carbocycles. The van der Waals surface area contributed by atoms with Crippen molar-refractivity contribution >= 4 is 22.6 Å². The second-order valence-corrected chi connectivity index (χ2v) is 8.24. The molecule has 0 radical (unpaired) electrons. The molecule has 160 valence electrons. The third-order valence-electron chi connectivity index (χ3n) is 5.92. The Kier molecular flexibility index (Phi) is 6.21. The van der Waals surface area contributed by atoms with Gasteiger partial charge in [0.05, 0.1) is 0 Å². The van der Waals surface area contributed by atoms with Crippen molar-refractivity contribution in [2.24, 2.45) is 0 Å². The normalized spacial score (nSPS) is 15.8. The number of likely N-dealkylation sites (N-methyl/N-ethyl adjacent to an activating group) is 1. The smallest absolute Gasteiger partial charge is 0.259 e. The SMILES string of the molecule is CN(C)C(=O)COc1cccc(C(=O)N2CCC[C@H]2Cc2cccc3ccccc23)c1. The number of likely N-dealkylation sites (tertiary alicyclic amines) is 1. The average molecular weight is 417 g/mol. The highest BCUT2D eigenvalue weighted by Crippen LogP contribution is 2.27. The molecule has 1 fully saturated rings. The van der Waals surface area contributed by atoms with E-state index in [1.54, 1.807) is 32.3 Å². The lowest BCUT2D eigenvalue weighted by Gasteiger charge is -2.25. The van der Waals surface area contributed by atoms with Crippen LogP contribution in [0.1, 0.15) is 28.8 Å². The highest BCUT2D eigenvalue weighted by molar-refractivity contribution is 5.95. The number of ether oxygens (including phenoxy) is 1. The third kappa shape index (κ3) is 4.71. The predicted molar refractivity (Wildman–Crippen MR) is 122 cm³/mol. The standard InChI is InChI=1S/C26H28N2O3/c1-27(2)25(29)18-31-23-13-6-11-21(17-23)26(30)28-15-7-12-22(28)16-20-10-5-9-19-8-3-4-14-24(19)20/h3-6,8-11,13-14,17,22H,7,12,15-16,18H2,1-2H3/t22-/m0/s1. The molecule has 0 unspecified atom stereocenters. The maximum absolute atomic E-state index is 13.3. The summed E-state index contributed by atoms with van der Waals surface area (Å²) in [6.45, 7) is 0.719. The molecule has 1 atom stereocenters. The molecule has 0 spiro atoms. The average Bonchev–Trinajstić information content (AvgIpc) is 3.25. The fourth-order valence-corrected chi connectivity index (χ4v) is 4.20. The number of hydrogen-bond donors (Lipinski definition) is 0. The topological polar surface area (TPSA) is 49.9 Å². The molecule has 5 nitrogen and oxygen atoms in total. The minimum Gasteiger partial charge on any atom is -0.484 e. The molecule has 3 aromatic rings. The maximum atomic E-state index is 13.3. The number of fused-ring (bicyclic) bond motifs is 1. The zero-order valence-electron chi connectivity index (χ0n) is 18.1. The number of rotatable bonds is 6. The Morgan fingerprint density at radius 2 is 1.81 bits per heavy atom. The molecule has 1 aliphatic rings. The van der Waals surface area contributed by atoms with Crippen LogP contribution < -0.4 is 4.74 Å². The number of carbonyl (C=O) groups excluding carboxylic acids is 2. The van der Waals surface area contributed by atoms with E-state index < -0.39 is 0 Å². The number of nitrogens with zero attached hydrogens (tertiary/aromatic N) is 2. The molecule has 4 rings (SSSR count). The lowest BCUT2D eigenvalue weighted by atomic mass is 9.97. The van der Waals surface area contributed by atoms with Crippen LogP contribution in [0.2, 0.25) is 0 Å². The molecule has 5 heteroatoms. The second-order valence-electron chi connectivity index (χ2n) is 8.24. The Bertz CT molecular complexity index is 1090. The van der Waals surface area contributed by atoms with Gasteiger partial charge in [-0.3, -0.25) is 9.59 Å². The molecule has 0 bridgehead atoms. The van der Waals surface area contributed by atoms with Gasteiger partial charge in [-0.25, -0.2) is 0 Å². The van der Waals surface area contributed by atoms with Crippen molar-refractivity contribution in [2.45, 2.75) is 25.3 Å². The van der Waals surface area contributed by atoms with Gasteiger partial charge in [0.15, 0.2) is 6.61 Å². The Hall–Kier alpha value is -3.34. The van der Waals surface area contributed by atoms with Gasteiger partial charge < -0.3 is 14.5 Å². The van der Waals surface area contributed by atoms with Crippen LogP contribution in [0, 0.1) is 0 Å². The van der Waals surface area contributed by atoms with E-state index in [1.165, 1.54) is 21.2 Å². The van der Waals surface area contributed by atoms with Crippen LogP contribution >= 0.6 is 0 Å². The summed E-state index contributed by atoms with van der Waals surface area (Å²) in [7, 11) is 3.38. The summed E-state index contributed by atoms with van der Waals surface area (Å²) in [5, 5.41) is 2.48. The molecular weight excluding hydrogens is 388 g/mol. The molecule has 1 saturated heterocycles.